The van der Waals surface area contributed by atoms with Gasteiger partial charge in [-0.3, -0.25) is 14.4 Å². The maximum atomic E-state index is 13.0. The number of nitrogens with zero attached hydrogens (tertiary/aromatic N) is 2. The highest BCUT2D eigenvalue weighted by molar-refractivity contribution is 7.15. The third kappa shape index (κ3) is 4.72. The van der Waals surface area contributed by atoms with E-state index in [0.29, 0.717) is 10.8 Å². The number of benzene rings is 1. The Morgan fingerprint density at radius 1 is 1.29 bits per heavy atom. The minimum Gasteiger partial charge on any atom is -0.355 e. The molecule has 1 aromatic heterocycles. The van der Waals surface area contributed by atoms with Crippen molar-refractivity contribution >= 4 is 39.9 Å². The van der Waals surface area contributed by atoms with E-state index in [1.807, 2.05) is 13.8 Å². The maximum absolute atomic E-state index is 13.0. The van der Waals surface area contributed by atoms with E-state index in [2.05, 4.69) is 15.6 Å². The van der Waals surface area contributed by atoms with Gasteiger partial charge in [-0.1, -0.05) is 0 Å². The van der Waals surface area contributed by atoms with Gasteiger partial charge in [-0.15, -0.1) is 11.3 Å². The van der Waals surface area contributed by atoms with Crippen molar-refractivity contribution in [2.45, 2.75) is 26.7 Å². The maximum Gasteiger partial charge on any atom is 0.227 e. The van der Waals surface area contributed by atoms with E-state index in [1.165, 1.54) is 40.5 Å². The summed E-state index contributed by atoms with van der Waals surface area (Å²) in [5.41, 5.74) is 1.44. The highest BCUT2D eigenvalue weighted by Crippen LogP contribution is 2.25. The third-order valence-electron chi connectivity index (χ3n) is 4.56. The molecule has 1 fully saturated rings. The van der Waals surface area contributed by atoms with E-state index in [4.69, 9.17) is 0 Å². The number of anilines is 2. The molecule has 1 atom stereocenters. The van der Waals surface area contributed by atoms with Crippen molar-refractivity contribution in [3.63, 3.8) is 0 Å². The summed E-state index contributed by atoms with van der Waals surface area (Å²) in [7, 11) is 0. The molecule has 148 valence electrons. The van der Waals surface area contributed by atoms with Crippen LogP contribution in [0.5, 0.6) is 0 Å². The van der Waals surface area contributed by atoms with E-state index in [0.717, 1.165) is 10.6 Å². The Bertz CT molecular complexity index is 878. The molecule has 1 aliphatic heterocycles. The Labute approximate surface area is 166 Å². The zero-order valence-electron chi connectivity index (χ0n) is 15.6. The van der Waals surface area contributed by atoms with Crippen LogP contribution >= 0.6 is 11.3 Å². The molecule has 0 radical (unpaired) electrons. The van der Waals surface area contributed by atoms with E-state index in [-0.39, 0.29) is 49.5 Å². The first-order chi connectivity index (χ1) is 13.3. The van der Waals surface area contributed by atoms with Gasteiger partial charge in [-0.2, -0.15) is 0 Å². The summed E-state index contributed by atoms with van der Waals surface area (Å²) >= 11 is 1.41. The fourth-order valence-corrected chi connectivity index (χ4v) is 3.74. The van der Waals surface area contributed by atoms with Crippen LogP contribution in [0.15, 0.2) is 24.3 Å². The SMILES string of the molecule is Cc1nc(NC(=O)CCNC(=O)[C@@H]2CC(=O)N(c3ccc(F)cc3)C2)sc1C. The number of rotatable bonds is 6. The van der Waals surface area contributed by atoms with Crippen LogP contribution in [0.1, 0.15) is 23.4 Å². The van der Waals surface area contributed by atoms with Crippen molar-refractivity contribution in [1.82, 2.24) is 10.3 Å². The van der Waals surface area contributed by atoms with Crippen molar-refractivity contribution in [3.05, 3.63) is 40.7 Å². The fraction of sp³-hybridized carbons (Fsp3) is 0.368. The van der Waals surface area contributed by atoms with Gasteiger partial charge < -0.3 is 15.5 Å². The van der Waals surface area contributed by atoms with Crippen LogP contribution < -0.4 is 15.5 Å². The lowest BCUT2D eigenvalue weighted by Crippen LogP contribution is -2.34. The second-order valence-corrected chi connectivity index (χ2v) is 7.83. The molecule has 0 bridgehead atoms. The van der Waals surface area contributed by atoms with E-state index in [9.17, 15) is 18.8 Å². The molecule has 2 aromatic rings. The molecule has 1 aromatic carbocycles. The van der Waals surface area contributed by atoms with Crippen LogP contribution in [0.4, 0.5) is 15.2 Å². The minimum absolute atomic E-state index is 0.0904. The number of halogens is 1. The Morgan fingerprint density at radius 2 is 2.00 bits per heavy atom. The molecular formula is C19H21FN4O3S. The van der Waals surface area contributed by atoms with Crippen LogP contribution in [-0.4, -0.2) is 35.8 Å². The monoisotopic (exact) mass is 404 g/mol. The Morgan fingerprint density at radius 3 is 2.64 bits per heavy atom. The van der Waals surface area contributed by atoms with Crippen LogP contribution in [0, 0.1) is 25.6 Å². The lowest BCUT2D eigenvalue weighted by atomic mass is 10.1. The summed E-state index contributed by atoms with van der Waals surface area (Å²) in [5.74, 6) is -1.56. The number of hydrogen-bond donors (Lipinski definition) is 2. The quantitative estimate of drug-likeness (QED) is 0.773. The molecule has 1 aliphatic rings. The molecule has 2 heterocycles. The number of hydrogen-bond acceptors (Lipinski definition) is 5. The Hall–Kier alpha value is -2.81. The first-order valence-corrected chi connectivity index (χ1v) is 9.72. The molecule has 3 amide bonds. The number of aromatic nitrogens is 1. The van der Waals surface area contributed by atoms with Crippen molar-refractivity contribution in [2.24, 2.45) is 5.92 Å². The number of amides is 3. The number of carbonyl (C=O) groups excluding carboxylic acids is 3. The van der Waals surface area contributed by atoms with Crippen molar-refractivity contribution in [3.8, 4) is 0 Å². The molecule has 0 unspecified atom stereocenters. The Balaban J connectivity index is 1.45. The minimum atomic E-state index is -0.495. The van der Waals surface area contributed by atoms with Gasteiger partial charge in [-0.05, 0) is 38.1 Å². The average Bonchev–Trinajstić information content (AvgIpc) is 3.18. The van der Waals surface area contributed by atoms with Gasteiger partial charge in [0.15, 0.2) is 5.13 Å². The summed E-state index contributed by atoms with van der Waals surface area (Å²) in [6.07, 6.45) is 0.207. The molecule has 3 rings (SSSR count). The highest BCUT2D eigenvalue weighted by atomic mass is 32.1. The average molecular weight is 404 g/mol. The molecule has 2 N–H and O–H groups in total. The first-order valence-electron chi connectivity index (χ1n) is 8.91. The van der Waals surface area contributed by atoms with Crippen LogP contribution in [0.2, 0.25) is 0 Å². The molecule has 0 spiro atoms. The molecule has 9 heteroatoms. The molecular weight excluding hydrogens is 383 g/mol. The first kappa shape index (κ1) is 19.9. The molecule has 1 saturated heterocycles. The van der Waals surface area contributed by atoms with Crippen molar-refractivity contribution < 1.29 is 18.8 Å². The molecule has 7 nitrogen and oxygen atoms in total. The third-order valence-corrected chi connectivity index (χ3v) is 5.55. The van der Waals surface area contributed by atoms with Crippen molar-refractivity contribution in [1.29, 1.82) is 0 Å². The second kappa shape index (κ2) is 8.47. The van der Waals surface area contributed by atoms with Crippen LogP contribution in [0.3, 0.4) is 0 Å². The van der Waals surface area contributed by atoms with E-state index < -0.39 is 5.92 Å². The smallest absolute Gasteiger partial charge is 0.227 e. The van der Waals surface area contributed by atoms with Crippen LogP contribution in [-0.2, 0) is 14.4 Å². The zero-order chi connectivity index (χ0) is 20.3. The predicted octanol–water partition coefficient (Wildman–Crippen LogP) is 2.40. The number of thiazole rings is 1. The number of carbonyl (C=O) groups is 3. The van der Waals surface area contributed by atoms with Crippen LogP contribution in [0.25, 0.3) is 0 Å². The Kier molecular flexibility index (Phi) is 6.03. The summed E-state index contributed by atoms with van der Waals surface area (Å²) in [4.78, 5) is 43.2. The molecule has 0 saturated carbocycles. The van der Waals surface area contributed by atoms with Gasteiger partial charge in [0.05, 0.1) is 11.6 Å². The predicted molar refractivity (Wildman–Crippen MR) is 105 cm³/mol. The van der Waals surface area contributed by atoms with Gasteiger partial charge in [0.1, 0.15) is 5.82 Å². The van der Waals surface area contributed by atoms with E-state index >= 15 is 0 Å². The number of aryl methyl sites for hydroxylation is 2. The highest BCUT2D eigenvalue weighted by Gasteiger charge is 2.35. The normalized spacial score (nSPS) is 16.3. The summed E-state index contributed by atoms with van der Waals surface area (Å²) < 4.78 is 13.0. The second-order valence-electron chi connectivity index (χ2n) is 6.63. The largest absolute Gasteiger partial charge is 0.355 e. The number of nitrogens with one attached hydrogen (secondary N) is 2. The van der Waals surface area contributed by atoms with Crippen molar-refractivity contribution in [2.75, 3.05) is 23.3 Å². The lowest BCUT2D eigenvalue weighted by molar-refractivity contribution is -0.126. The van der Waals surface area contributed by atoms with Gasteiger partial charge in [0, 0.05) is 36.5 Å². The van der Waals surface area contributed by atoms with Gasteiger partial charge in [0.2, 0.25) is 17.7 Å². The van der Waals surface area contributed by atoms with Gasteiger partial charge in [0.25, 0.3) is 0 Å². The molecule has 0 aliphatic carbocycles. The molecule has 28 heavy (non-hydrogen) atoms. The fourth-order valence-electron chi connectivity index (χ4n) is 2.91. The van der Waals surface area contributed by atoms with E-state index in [1.54, 1.807) is 0 Å². The standard InChI is InChI=1S/C19H21FN4O3S/c1-11-12(2)28-19(22-11)23-16(25)7-8-21-18(27)13-9-17(26)24(10-13)15-5-3-14(20)4-6-15/h3-6,13H,7-10H2,1-2H3,(H,21,27)(H,22,23,25)/t13-/m1/s1. The topological polar surface area (TPSA) is 91.4 Å². The summed E-state index contributed by atoms with van der Waals surface area (Å²) in [6.45, 7) is 4.22. The summed E-state index contributed by atoms with van der Waals surface area (Å²) in [5, 5.41) is 5.96. The van der Waals surface area contributed by atoms with Gasteiger partial charge >= 0.3 is 0 Å². The summed E-state index contributed by atoms with van der Waals surface area (Å²) in [6, 6.07) is 5.58. The van der Waals surface area contributed by atoms with Gasteiger partial charge in [-0.25, -0.2) is 9.37 Å². The lowest BCUT2D eigenvalue weighted by Gasteiger charge is -2.16. The zero-order valence-corrected chi connectivity index (χ0v) is 16.4.